The molecular formula is C15H14Br2O3S. The summed E-state index contributed by atoms with van der Waals surface area (Å²) < 4.78 is 12.3. The van der Waals surface area contributed by atoms with Crippen molar-refractivity contribution >= 4 is 49.0 Å². The molecule has 0 bridgehead atoms. The standard InChI is InChI=1S/C15H14Br2O3S/c1-3-9-4-5-15(21-9)12(18)8-20-14-7-10(16)13(19-2)6-11(14)17/h4-7H,3,8H2,1-2H3. The van der Waals surface area contributed by atoms with E-state index in [0.717, 1.165) is 20.2 Å². The molecule has 2 aromatic rings. The maximum absolute atomic E-state index is 12.1. The Balaban J connectivity index is 2.06. The van der Waals surface area contributed by atoms with Gasteiger partial charge in [-0.05, 0) is 62.5 Å². The van der Waals surface area contributed by atoms with Crippen LogP contribution in [0.3, 0.4) is 0 Å². The van der Waals surface area contributed by atoms with Crippen molar-refractivity contribution < 1.29 is 14.3 Å². The van der Waals surface area contributed by atoms with Crippen molar-refractivity contribution in [3.8, 4) is 11.5 Å². The van der Waals surface area contributed by atoms with Gasteiger partial charge in [0.2, 0.25) is 5.78 Å². The highest BCUT2D eigenvalue weighted by Crippen LogP contribution is 2.36. The highest BCUT2D eigenvalue weighted by molar-refractivity contribution is 9.11. The van der Waals surface area contributed by atoms with Crippen LogP contribution in [0.2, 0.25) is 0 Å². The SMILES string of the molecule is CCc1ccc(C(=O)COc2cc(Br)c(OC)cc2Br)s1. The van der Waals surface area contributed by atoms with E-state index in [4.69, 9.17) is 9.47 Å². The minimum atomic E-state index is -0.0152. The number of ketones is 1. The van der Waals surface area contributed by atoms with E-state index in [1.807, 2.05) is 12.1 Å². The molecule has 0 saturated carbocycles. The average molecular weight is 434 g/mol. The zero-order chi connectivity index (χ0) is 15.4. The van der Waals surface area contributed by atoms with Crippen LogP contribution in [0.1, 0.15) is 21.5 Å². The highest BCUT2D eigenvalue weighted by Gasteiger charge is 2.13. The number of ether oxygens (including phenoxy) is 2. The van der Waals surface area contributed by atoms with Crippen molar-refractivity contribution in [2.24, 2.45) is 0 Å². The number of benzene rings is 1. The molecule has 1 heterocycles. The first-order valence-corrected chi connectivity index (χ1v) is 8.73. The van der Waals surface area contributed by atoms with E-state index in [0.29, 0.717) is 11.5 Å². The van der Waals surface area contributed by atoms with Gasteiger partial charge in [-0.2, -0.15) is 0 Å². The highest BCUT2D eigenvalue weighted by atomic mass is 79.9. The zero-order valence-electron chi connectivity index (χ0n) is 11.6. The van der Waals surface area contributed by atoms with E-state index < -0.39 is 0 Å². The fraction of sp³-hybridized carbons (Fsp3) is 0.267. The van der Waals surface area contributed by atoms with Crippen LogP contribution in [0, 0.1) is 0 Å². The summed E-state index contributed by atoms with van der Waals surface area (Å²) in [5.74, 6) is 1.29. The molecule has 0 aliphatic rings. The number of carbonyl (C=O) groups is 1. The second-order valence-corrected chi connectivity index (χ2v) is 7.13. The molecule has 112 valence electrons. The maximum Gasteiger partial charge on any atom is 0.210 e. The minimum absolute atomic E-state index is 0.0149. The molecule has 0 aliphatic carbocycles. The molecule has 3 nitrogen and oxygen atoms in total. The second-order valence-electron chi connectivity index (χ2n) is 4.25. The van der Waals surface area contributed by atoms with Gasteiger partial charge >= 0.3 is 0 Å². The largest absolute Gasteiger partial charge is 0.496 e. The topological polar surface area (TPSA) is 35.5 Å². The quantitative estimate of drug-likeness (QED) is 0.594. The first kappa shape index (κ1) is 16.5. The lowest BCUT2D eigenvalue weighted by Gasteiger charge is -2.10. The first-order chi connectivity index (χ1) is 10.0. The lowest BCUT2D eigenvalue weighted by molar-refractivity contribution is 0.0925. The summed E-state index contributed by atoms with van der Waals surface area (Å²) in [7, 11) is 1.60. The Hall–Kier alpha value is -0.850. The predicted octanol–water partition coefficient (Wildman–Crippen LogP) is 5.11. The van der Waals surface area contributed by atoms with Crippen LogP contribution in [-0.2, 0) is 6.42 Å². The Kier molecular flexibility index (Phi) is 5.84. The average Bonchev–Trinajstić information content (AvgIpc) is 2.96. The molecule has 0 saturated heterocycles. The number of carbonyl (C=O) groups excluding carboxylic acids is 1. The van der Waals surface area contributed by atoms with E-state index in [1.54, 1.807) is 19.2 Å². The molecule has 0 fully saturated rings. The summed E-state index contributed by atoms with van der Waals surface area (Å²) in [4.78, 5) is 14.0. The van der Waals surface area contributed by atoms with Crippen molar-refractivity contribution in [3.63, 3.8) is 0 Å². The molecule has 0 atom stereocenters. The van der Waals surface area contributed by atoms with Gasteiger partial charge in [-0.3, -0.25) is 4.79 Å². The molecule has 0 N–H and O–H groups in total. The molecule has 2 rings (SSSR count). The fourth-order valence-electron chi connectivity index (χ4n) is 1.71. The van der Waals surface area contributed by atoms with Gasteiger partial charge in [0.1, 0.15) is 11.5 Å². The van der Waals surface area contributed by atoms with Gasteiger partial charge in [0.05, 0.1) is 20.9 Å². The number of aryl methyl sites for hydroxylation is 1. The van der Waals surface area contributed by atoms with E-state index in [2.05, 4.69) is 38.8 Å². The minimum Gasteiger partial charge on any atom is -0.496 e. The Morgan fingerprint density at radius 1 is 1.19 bits per heavy atom. The number of hydrogen-bond donors (Lipinski definition) is 0. The van der Waals surface area contributed by atoms with Crippen LogP contribution in [0.5, 0.6) is 11.5 Å². The second kappa shape index (κ2) is 7.42. The number of Topliss-reactive ketones (excluding diaryl/α,β-unsaturated/α-hetero) is 1. The van der Waals surface area contributed by atoms with Crippen LogP contribution in [-0.4, -0.2) is 19.5 Å². The van der Waals surface area contributed by atoms with Crippen molar-refractivity contribution in [1.29, 1.82) is 0 Å². The Morgan fingerprint density at radius 2 is 1.86 bits per heavy atom. The van der Waals surface area contributed by atoms with Crippen molar-refractivity contribution in [2.45, 2.75) is 13.3 Å². The molecule has 0 amide bonds. The number of halogens is 2. The van der Waals surface area contributed by atoms with Gasteiger partial charge in [-0.25, -0.2) is 0 Å². The summed E-state index contributed by atoms with van der Waals surface area (Å²) in [6.45, 7) is 2.09. The first-order valence-electron chi connectivity index (χ1n) is 6.33. The molecule has 1 aromatic carbocycles. The van der Waals surface area contributed by atoms with Crippen LogP contribution in [0.25, 0.3) is 0 Å². The van der Waals surface area contributed by atoms with E-state index >= 15 is 0 Å². The summed E-state index contributed by atoms with van der Waals surface area (Å²) in [5, 5.41) is 0. The van der Waals surface area contributed by atoms with Gasteiger partial charge in [-0.1, -0.05) is 6.92 Å². The predicted molar refractivity (Wildman–Crippen MR) is 91.9 cm³/mol. The fourth-order valence-corrected chi connectivity index (χ4v) is 3.50. The molecule has 1 aromatic heterocycles. The summed E-state index contributed by atoms with van der Waals surface area (Å²) in [6.07, 6.45) is 0.940. The van der Waals surface area contributed by atoms with Gasteiger partial charge in [0.15, 0.2) is 6.61 Å². The zero-order valence-corrected chi connectivity index (χ0v) is 15.6. The van der Waals surface area contributed by atoms with Gasteiger partial charge in [0, 0.05) is 4.88 Å². The van der Waals surface area contributed by atoms with E-state index in [9.17, 15) is 4.79 Å². The van der Waals surface area contributed by atoms with Crippen molar-refractivity contribution in [1.82, 2.24) is 0 Å². The van der Waals surface area contributed by atoms with E-state index in [-0.39, 0.29) is 12.4 Å². The lowest BCUT2D eigenvalue weighted by atomic mass is 10.3. The third-order valence-electron chi connectivity index (χ3n) is 2.85. The van der Waals surface area contributed by atoms with Crippen LogP contribution in [0.4, 0.5) is 0 Å². The number of rotatable bonds is 6. The smallest absolute Gasteiger partial charge is 0.210 e. The molecule has 6 heteroatoms. The molecule has 0 aliphatic heterocycles. The number of hydrogen-bond acceptors (Lipinski definition) is 4. The Bertz CT molecular complexity index is 652. The summed E-state index contributed by atoms with van der Waals surface area (Å²) >= 11 is 8.33. The molecule has 0 spiro atoms. The Labute approximate surface area is 144 Å². The normalized spacial score (nSPS) is 10.5. The van der Waals surface area contributed by atoms with Gasteiger partial charge in [-0.15, -0.1) is 11.3 Å². The lowest BCUT2D eigenvalue weighted by Crippen LogP contribution is -2.10. The van der Waals surface area contributed by atoms with Crippen LogP contribution in [0.15, 0.2) is 33.2 Å². The molecular weight excluding hydrogens is 420 g/mol. The molecule has 21 heavy (non-hydrogen) atoms. The van der Waals surface area contributed by atoms with Crippen molar-refractivity contribution in [2.75, 3.05) is 13.7 Å². The van der Waals surface area contributed by atoms with Crippen LogP contribution >= 0.6 is 43.2 Å². The van der Waals surface area contributed by atoms with E-state index in [1.165, 1.54) is 16.2 Å². The maximum atomic E-state index is 12.1. The van der Waals surface area contributed by atoms with Gasteiger partial charge < -0.3 is 9.47 Å². The monoisotopic (exact) mass is 432 g/mol. The third-order valence-corrected chi connectivity index (χ3v) is 5.36. The summed E-state index contributed by atoms with van der Waals surface area (Å²) in [6, 6.07) is 7.41. The van der Waals surface area contributed by atoms with Crippen LogP contribution < -0.4 is 9.47 Å². The number of thiophene rings is 1. The molecule has 0 unspecified atom stereocenters. The van der Waals surface area contributed by atoms with Gasteiger partial charge in [0.25, 0.3) is 0 Å². The van der Waals surface area contributed by atoms with Crippen molar-refractivity contribution in [3.05, 3.63) is 43.0 Å². The third kappa shape index (κ3) is 4.08. The Morgan fingerprint density at radius 3 is 2.48 bits per heavy atom. The molecule has 0 radical (unpaired) electrons. The summed E-state index contributed by atoms with van der Waals surface area (Å²) in [5.41, 5.74) is 0. The number of methoxy groups -OCH3 is 1.